The molecule has 3 nitrogen and oxygen atoms in total. The van der Waals surface area contributed by atoms with Gasteiger partial charge in [-0.1, -0.05) is 30.6 Å². The summed E-state index contributed by atoms with van der Waals surface area (Å²) < 4.78 is 32.1. The molecule has 26 heavy (non-hydrogen) atoms. The molecule has 1 amide bonds. The Balaban J connectivity index is 2.35. The zero-order valence-corrected chi connectivity index (χ0v) is 14.0. The van der Waals surface area contributed by atoms with Crippen molar-refractivity contribution >= 4 is 5.91 Å². The molecule has 2 aromatic carbocycles. The minimum Gasteiger partial charge on any atom is -0.489 e. The number of hydrogen-bond acceptors (Lipinski definition) is 2. The molecule has 0 bridgehead atoms. The van der Waals surface area contributed by atoms with Crippen LogP contribution in [-0.2, 0) is 0 Å². The summed E-state index contributed by atoms with van der Waals surface area (Å²) in [5.41, 5.74) is 0.847. The molecule has 1 N–H and O–H groups in total. The van der Waals surface area contributed by atoms with Gasteiger partial charge in [-0.15, -0.1) is 6.58 Å². The fraction of sp³-hybridized carbons (Fsp3) is 0.0952. The Morgan fingerprint density at radius 2 is 1.92 bits per heavy atom. The minimum atomic E-state index is -0.743. The van der Waals surface area contributed by atoms with Crippen molar-refractivity contribution in [1.29, 1.82) is 0 Å². The predicted molar refractivity (Wildman–Crippen MR) is 97.0 cm³/mol. The van der Waals surface area contributed by atoms with Gasteiger partial charge < -0.3 is 10.1 Å². The van der Waals surface area contributed by atoms with Crippen molar-refractivity contribution in [2.24, 2.45) is 0 Å². The molecule has 2 aromatic rings. The highest BCUT2D eigenvalue weighted by Crippen LogP contribution is 2.20. The molecule has 0 aliphatic carbocycles. The van der Waals surface area contributed by atoms with E-state index in [1.807, 2.05) is 0 Å². The number of hydrogen-bond donors (Lipinski definition) is 1. The monoisotopic (exact) mass is 353 g/mol. The van der Waals surface area contributed by atoms with Crippen LogP contribution < -0.4 is 10.1 Å². The first-order chi connectivity index (χ1) is 12.5. The Bertz CT molecular complexity index is 895. The van der Waals surface area contributed by atoms with E-state index in [9.17, 15) is 13.6 Å². The van der Waals surface area contributed by atoms with Gasteiger partial charge in [0.25, 0.3) is 5.91 Å². The maximum atomic E-state index is 13.7. The van der Waals surface area contributed by atoms with E-state index in [0.29, 0.717) is 23.4 Å². The summed E-state index contributed by atoms with van der Waals surface area (Å²) in [6.45, 7) is 7.67. The van der Waals surface area contributed by atoms with Crippen molar-refractivity contribution in [3.63, 3.8) is 0 Å². The zero-order valence-electron chi connectivity index (χ0n) is 14.0. The summed E-state index contributed by atoms with van der Waals surface area (Å²) >= 11 is 0. The Morgan fingerprint density at radius 1 is 1.12 bits per heavy atom. The molecule has 0 heterocycles. The van der Waals surface area contributed by atoms with Crippen molar-refractivity contribution in [2.75, 3.05) is 13.2 Å². The van der Waals surface area contributed by atoms with Crippen molar-refractivity contribution in [3.05, 3.63) is 90.0 Å². The highest BCUT2D eigenvalue weighted by Gasteiger charge is 2.12. The van der Waals surface area contributed by atoms with Crippen molar-refractivity contribution in [3.8, 4) is 17.6 Å². The Labute approximate surface area is 151 Å². The van der Waals surface area contributed by atoms with Crippen molar-refractivity contribution in [1.82, 2.24) is 5.32 Å². The molecule has 5 heteroatoms. The van der Waals surface area contributed by atoms with Gasteiger partial charge in [0.2, 0.25) is 0 Å². The van der Waals surface area contributed by atoms with Gasteiger partial charge in [0, 0.05) is 18.2 Å². The first-order valence-corrected chi connectivity index (χ1v) is 7.79. The number of halogens is 2. The van der Waals surface area contributed by atoms with Crippen LogP contribution >= 0.6 is 0 Å². The van der Waals surface area contributed by atoms with Crippen LogP contribution in [0.1, 0.15) is 21.5 Å². The van der Waals surface area contributed by atoms with E-state index in [-0.39, 0.29) is 18.1 Å². The summed E-state index contributed by atoms with van der Waals surface area (Å²) in [5.74, 6) is 4.02. The third-order valence-corrected chi connectivity index (χ3v) is 3.26. The largest absolute Gasteiger partial charge is 0.489 e. The molecule has 0 aliphatic rings. The highest BCUT2D eigenvalue weighted by molar-refractivity contribution is 5.97. The lowest BCUT2D eigenvalue weighted by Crippen LogP contribution is -2.24. The van der Waals surface area contributed by atoms with E-state index in [2.05, 4.69) is 30.3 Å². The third-order valence-electron chi connectivity index (χ3n) is 3.26. The molecule has 0 atom stereocenters. The summed E-state index contributed by atoms with van der Waals surface area (Å²) in [5, 5.41) is 2.67. The molecule has 0 unspecified atom stereocenters. The van der Waals surface area contributed by atoms with E-state index < -0.39 is 11.6 Å². The standard InChI is InChI=1S/C21H17F2NO2/c1-3-11-24-21(25)18-13-15(6-10-20(18)26-12-4-2)5-7-16-8-9-17(22)14-19(16)23/h3-4,6,8-10,13-14H,1-2,11-12H2,(H,24,25). The minimum absolute atomic E-state index is 0.0658. The number of ether oxygens (including phenoxy) is 1. The smallest absolute Gasteiger partial charge is 0.255 e. The fourth-order valence-corrected chi connectivity index (χ4v) is 2.05. The highest BCUT2D eigenvalue weighted by atomic mass is 19.1. The number of benzene rings is 2. The molecule has 0 aliphatic heterocycles. The maximum absolute atomic E-state index is 13.7. The van der Waals surface area contributed by atoms with Crippen molar-refractivity contribution in [2.45, 2.75) is 0 Å². The van der Waals surface area contributed by atoms with Gasteiger partial charge in [0.1, 0.15) is 24.0 Å². The van der Waals surface area contributed by atoms with Crippen LogP contribution in [0.4, 0.5) is 8.78 Å². The Kier molecular flexibility index (Phi) is 6.69. The lowest BCUT2D eigenvalue weighted by molar-refractivity contribution is 0.0954. The van der Waals surface area contributed by atoms with E-state index in [1.165, 1.54) is 6.07 Å². The van der Waals surface area contributed by atoms with E-state index in [4.69, 9.17) is 4.74 Å². The lowest BCUT2D eigenvalue weighted by Gasteiger charge is -2.10. The van der Waals surface area contributed by atoms with Crippen LogP contribution in [0.2, 0.25) is 0 Å². The van der Waals surface area contributed by atoms with E-state index in [1.54, 1.807) is 30.4 Å². The number of rotatable bonds is 6. The molecule has 0 saturated heterocycles. The molecule has 0 fully saturated rings. The van der Waals surface area contributed by atoms with Gasteiger partial charge in [0.05, 0.1) is 11.1 Å². The molecular formula is C21H17F2NO2. The topological polar surface area (TPSA) is 38.3 Å². The SMILES string of the molecule is C=CCNC(=O)c1cc(C#Cc2ccc(F)cc2F)ccc1OCC=C. The molecule has 0 saturated carbocycles. The number of carbonyl (C=O) groups excluding carboxylic acids is 1. The number of carbonyl (C=O) groups is 1. The lowest BCUT2D eigenvalue weighted by atomic mass is 10.1. The van der Waals surface area contributed by atoms with Gasteiger partial charge in [-0.25, -0.2) is 8.78 Å². The molecule has 132 valence electrons. The summed E-state index contributed by atoms with van der Waals surface area (Å²) in [6, 6.07) is 7.97. The first kappa shape index (κ1) is 18.9. The maximum Gasteiger partial charge on any atom is 0.255 e. The third kappa shape index (κ3) is 5.05. The predicted octanol–water partition coefficient (Wildman–Crippen LogP) is 3.85. The average molecular weight is 353 g/mol. The second-order valence-electron chi connectivity index (χ2n) is 5.18. The molecule has 0 spiro atoms. The number of nitrogens with one attached hydrogen (secondary N) is 1. The van der Waals surface area contributed by atoms with Gasteiger partial charge in [0.15, 0.2) is 0 Å². The van der Waals surface area contributed by atoms with E-state index in [0.717, 1.165) is 12.1 Å². The molecular weight excluding hydrogens is 336 g/mol. The number of amides is 1. The van der Waals surface area contributed by atoms with Gasteiger partial charge in [-0.3, -0.25) is 4.79 Å². The summed E-state index contributed by atoms with van der Waals surface area (Å²) in [6.07, 6.45) is 3.12. The second kappa shape index (κ2) is 9.19. The summed E-state index contributed by atoms with van der Waals surface area (Å²) in [4.78, 5) is 12.3. The van der Waals surface area contributed by atoms with E-state index >= 15 is 0 Å². The summed E-state index contributed by atoms with van der Waals surface area (Å²) in [7, 11) is 0. The van der Waals surface area contributed by atoms with Crippen LogP contribution in [-0.4, -0.2) is 19.1 Å². The van der Waals surface area contributed by atoms with Gasteiger partial charge >= 0.3 is 0 Å². The Hall–Kier alpha value is -3.39. The van der Waals surface area contributed by atoms with Crippen LogP contribution in [0.15, 0.2) is 61.7 Å². The Morgan fingerprint density at radius 3 is 2.62 bits per heavy atom. The van der Waals surface area contributed by atoms with Crippen LogP contribution in [0, 0.1) is 23.5 Å². The van der Waals surface area contributed by atoms with Crippen molar-refractivity contribution < 1.29 is 18.3 Å². The van der Waals surface area contributed by atoms with Crippen LogP contribution in [0.5, 0.6) is 5.75 Å². The van der Waals surface area contributed by atoms with Crippen LogP contribution in [0.3, 0.4) is 0 Å². The zero-order chi connectivity index (χ0) is 18.9. The normalized spacial score (nSPS) is 9.62. The van der Waals surface area contributed by atoms with Crippen LogP contribution in [0.25, 0.3) is 0 Å². The fourth-order valence-electron chi connectivity index (χ4n) is 2.05. The molecule has 2 rings (SSSR count). The first-order valence-electron chi connectivity index (χ1n) is 7.79. The average Bonchev–Trinajstić information content (AvgIpc) is 2.64. The second-order valence-corrected chi connectivity index (χ2v) is 5.18. The van der Waals surface area contributed by atoms with Gasteiger partial charge in [-0.05, 0) is 30.3 Å². The molecule has 0 aromatic heterocycles. The van der Waals surface area contributed by atoms with Gasteiger partial charge in [-0.2, -0.15) is 0 Å². The quantitative estimate of drug-likeness (QED) is 0.633. The molecule has 0 radical (unpaired) electrons.